The van der Waals surface area contributed by atoms with Crippen molar-refractivity contribution in [1.29, 1.82) is 0 Å². The van der Waals surface area contributed by atoms with E-state index in [9.17, 15) is 5.11 Å². The number of nitrogens with zero attached hydrogens (tertiary/aromatic N) is 5. The number of hydrogen-bond acceptors (Lipinski definition) is 7. The summed E-state index contributed by atoms with van der Waals surface area (Å²) in [6.07, 6.45) is 2.56. The highest BCUT2D eigenvalue weighted by Crippen LogP contribution is 2.52. The van der Waals surface area contributed by atoms with Crippen LogP contribution in [-0.4, -0.2) is 105 Å². The minimum atomic E-state index is 0.234. The molecule has 2 saturated heterocycles. The monoisotopic (exact) mass is 648 g/mol. The number of rotatable bonds is 4. The van der Waals surface area contributed by atoms with Crippen molar-refractivity contribution in [3.63, 3.8) is 0 Å². The summed E-state index contributed by atoms with van der Waals surface area (Å²) in [5, 5.41) is 9.34. The standard InChI is InChI=1S/C18H27N3O.C16H22N2O.C4H10.C2H6/c1-13(2)20-7-6-16-15(12-20)14-4-3-5-17-18(14)21(16)9-8-19(17)10-11-22;1-11(2)17-7-6-14-13(10-17)12-4-3-5-15-16(12)18(14)8-9-19-15;1-4(2)3;1-2/h3-5,13,15-16,22H,6-12H2,1-2H3;3-5,11,13-14H,6-10H2,1-2H3;4H,1-3H3;1-2H3. The van der Waals surface area contributed by atoms with Gasteiger partial charge in [-0.3, -0.25) is 0 Å². The molecular weight excluding hydrogens is 582 g/mol. The van der Waals surface area contributed by atoms with Crippen molar-refractivity contribution in [1.82, 2.24) is 9.80 Å². The Labute approximate surface area is 286 Å². The van der Waals surface area contributed by atoms with Crippen molar-refractivity contribution in [3.05, 3.63) is 47.5 Å². The summed E-state index contributed by atoms with van der Waals surface area (Å²) < 4.78 is 5.84. The highest BCUT2D eigenvalue weighted by atomic mass is 16.5. The summed E-state index contributed by atoms with van der Waals surface area (Å²) >= 11 is 0. The van der Waals surface area contributed by atoms with Gasteiger partial charge in [-0.1, -0.05) is 58.9 Å². The Morgan fingerprint density at radius 1 is 0.702 bits per heavy atom. The van der Waals surface area contributed by atoms with Gasteiger partial charge in [-0.2, -0.15) is 0 Å². The molecule has 2 aromatic rings. The van der Waals surface area contributed by atoms with Crippen LogP contribution in [0.3, 0.4) is 0 Å². The predicted molar refractivity (Wildman–Crippen MR) is 200 cm³/mol. The smallest absolute Gasteiger partial charge is 0.142 e. The van der Waals surface area contributed by atoms with Crippen molar-refractivity contribution in [2.75, 3.05) is 80.3 Å². The average molecular weight is 648 g/mol. The van der Waals surface area contributed by atoms with Gasteiger partial charge in [-0.15, -0.1) is 0 Å². The molecule has 47 heavy (non-hydrogen) atoms. The highest BCUT2D eigenvalue weighted by molar-refractivity contribution is 5.81. The first-order valence-electron chi connectivity index (χ1n) is 18.9. The van der Waals surface area contributed by atoms with Crippen LogP contribution in [0.25, 0.3) is 0 Å². The lowest BCUT2D eigenvalue weighted by Crippen LogP contribution is -2.51. The van der Waals surface area contributed by atoms with Gasteiger partial charge < -0.3 is 34.3 Å². The summed E-state index contributed by atoms with van der Waals surface area (Å²) in [5.41, 5.74) is 7.25. The molecule has 6 aliphatic rings. The van der Waals surface area contributed by atoms with Crippen LogP contribution in [-0.2, 0) is 0 Å². The zero-order valence-electron chi connectivity index (χ0n) is 31.1. The Balaban J connectivity index is 0.000000160. The van der Waals surface area contributed by atoms with Gasteiger partial charge >= 0.3 is 0 Å². The van der Waals surface area contributed by atoms with E-state index in [1.54, 1.807) is 0 Å². The van der Waals surface area contributed by atoms with E-state index in [0.29, 0.717) is 36.0 Å². The number of piperidine rings is 2. The second-order valence-electron chi connectivity index (χ2n) is 15.2. The lowest BCUT2D eigenvalue weighted by molar-refractivity contribution is 0.154. The quantitative estimate of drug-likeness (QED) is 0.382. The number of likely N-dealkylation sites (tertiary alicyclic amines) is 2. The molecule has 6 aliphatic heterocycles. The van der Waals surface area contributed by atoms with Crippen LogP contribution in [0.15, 0.2) is 36.4 Å². The molecule has 6 heterocycles. The number of fused-ring (bicyclic) bond motifs is 6. The van der Waals surface area contributed by atoms with Crippen LogP contribution in [0, 0.1) is 5.92 Å². The molecule has 7 heteroatoms. The maximum Gasteiger partial charge on any atom is 0.142 e. The molecule has 2 fully saturated rings. The van der Waals surface area contributed by atoms with E-state index in [1.165, 1.54) is 67.2 Å². The molecule has 0 saturated carbocycles. The van der Waals surface area contributed by atoms with E-state index in [2.05, 4.69) is 109 Å². The van der Waals surface area contributed by atoms with E-state index in [1.807, 2.05) is 13.8 Å². The normalized spacial score (nSPS) is 25.4. The third kappa shape index (κ3) is 7.28. The minimum Gasteiger partial charge on any atom is -0.490 e. The first kappa shape index (κ1) is 35.8. The summed E-state index contributed by atoms with van der Waals surface area (Å²) in [5.74, 6) is 3.27. The van der Waals surface area contributed by atoms with E-state index in [4.69, 9.17) is 4.74 Å². The van der Waals surface area contributed by atoms with Crippen LogP contribution >= 0.6 is 0 Å². The lowest BCUT2D eigenvalue weighted by atomic mass is 9.88. The first-order chi connectivity index (χ1) is 22.7. The highest BCUT2D eigenvalue weighted by Gasteiger charge is 2.46. The first-order valence-corrected chi connectivity index (χ1v) is 18.9. The molecule has 4 unspecified atom stereocenters. The average Bonchev–Trinajstić information content (AvgIpc) is 3.57. The van der Waals surface area contributed by atoms with E-state index in [-0.39, 0.29) is 6.61 Å². The van der Waals surface area contributed by atoms with Gasteiger partial charge in [0.1, 0.15) is 12.4 Å². The summed E-state index contributed by atoms with van der Waals surface area (Å²) in [6, 6.07) is 16.1. The number of benzene rings is 2. The molecule has 0 aliphatic carbocycles. The second kappa shape index (κ2) is 15.8. The molecule has 0 bridgehead atoms. The number of hydrogen-bond donors (Lipinski definition) is 1. The van der Waals surface area contributed by atoms with Gasteiger partial charge in [0.2, 0.25) is 0 Å². The van der Waals surface area contributed by atoms with Crippen molar-refractivity contribution in [2.24, 2.45) is 5.92 Å². The SMILES string of the molecule is CC.CC(C)C.CC(C)N1CCC2C(C1)c1cccc3c1N2CCN3CCO.CC(C)N1CCC2C(C1)c1cccc3c1N2CCO3. The maximum absolute atomic E-state index is 9.34. The fourth-order valence-electron chi connectivity index (χ4n) is 8.75. The molecule has 0 radical (unpaired) electrons. The van der Waals surface area contributed by atoms with Crippen LogP contribution in [0.1, 0.15) is 98.1 Å². The summed E-state index contributed by atoms with van der Waals surface area (Å²) in [7, 11) is 0. The number of anilines is 3. The Bertz CT molecular complexity index is 1290. The molecule has 262 valence electrons. The van der Waals surface area contributed by atoms with E-state index < -0.39 is 0 Å². The third-order valence-electron chi connectivity index (χ3n) is 10.8. The molecule has 8 rings (SSSR count). The minimum absolute atomic E-state index is 0.234. The lowest BCUT2D eigenvalue weighted by Gasteiger charge is -2.43. The second-order valence-corrected chi connectivity index (χ2v) is 15.2. The van der Waals surface area contributed by atoms with Crippen molar-refractivity contribution in [3.8, 4) is 5.75 Å². The fourth-order valence-corrected chi connectivity index (χ4v) is 8.75. The van der Waals surface area contributed by atoms with E-state index in [0.717, 1.165) is 44.5 Å². The molecule has 7 nitrogen and oxygen atoms in total. The van der Waals surface area contributed by atoms with E-state index >= 15 is 0 Å². The third-order valence-corrected chi connectivity index (χ3v) is 10.8. The van der Waals surface area contributed by atoms with Gasteiger partial charge in [-0.05, 0) is 69.7 Å². The van der Waals surface area contributed by atoms with Crippen molar-refractivity contribution in [2.45, 2.75) is 111 Å². The van der Waals surface area contributed by atoms with Crippen LogP contribution in [0.4, 0.5) is 17.1 Å². The van der Waals surface area contributed by atoms with Gasteiger partial charge in [0.25, 0.3) is 0 Å². The summed E-state index contributed by atoms with van der Waals surface area (Å²) in [6.45, 7) is 29.6. The van der Waals surface area contributed by atoms with Crippen molar-refractivity contribution >= 4 is 17.1 Å². The zero-order chi connectivity index (χ0) is 33.8. The number of ether oxygens (including phenoxy) is 1. The predicted octanol–water partition coefficient (Wildman–Crippen LogP) is 7.04. The molecular formula is C40H65N5O2. The van der Waals surface area contributed by atoms with Gasteiger partial charge in [0.15, 0.2) is 0 Å². The van der Waals surface area contributed by atoms with Crippen LogP contribution in [0.2, 0.25) is 0 Å². The maximum atomic E-state index is 9.34. The summed E-state index contributed by atoms with van der Waals surface area (Å²) in [4.78, 5) is 12.9. The Morgan fingerprint density at radius 3 is 1.79 bits per heavy atom. The molecule has 0 aromatic heterocycles. The molecule has 1 N–H and O–H groups in total. The number of aliphatic hydroxyl groups excluding tert-OH is 1. The topological polar surface area (TPSA) is 45.7 Å². The largest absolute Gasteiger partial charge is 0.490 e. The molecule has 0 amide bonds. The number of para-hydroxylation sites is 2. The Morgan fingerprint density at radius 2 is 1.23 bits per heavy atom. The Hall–Kier alpha value is -2.48. The molecule has 2 aromatic carbocycles. The van der Waals surface area contributed by atoms with Crippen LogP contribution < -0.4 is 19.4 Å². The molecule has 4 atom stereocenters. The van der Waals surface area contributed by atoms with Gasteiger partial charge in [0.05, 0.1) is 30.2 Å². The number of β-amino-alcohol motifs (C(OH)–C–C–N with tert-alkyl or cyclic N) is 1. The van der Waals surface area contributed by atoms with Gasteiger partial charge in [-0.25, -0.2) is 0 Å². The van der Waals surface area contributed by atoms with Crippen molar-refractivity contribution < 1.29 is 9.84 Å². The zero-order valence-corrected chi connectivity index (χ0v) is 31.1. The number of aliphatic hydroxyl groups is 1. The fraction of sp³-hybridized carbons (Fsp3) is 0.700. The Kier molecular flexibility index (Phi) is 12.1. The molecule has 0 spiro atoms. The van der Waals surface area contributed by atoms with Gasteiger partial charge in [0, 0.05) is 81.8 Å². The van der Waals surface area contributed by atoms with Crippen LogP contribution in [0.5, 0.6) is 5.75 Å².